The van der Waals surface area contributed by atoms with Gasteiger partial charge in [0.2, 0.25) is 17.8 Å². The number of nitrogens with zero attached hydrogens (tertiary/aromatic N) is 5. The van der Waals surface area contributed by atoms with Gasteiger partial charge in [0.05, 0.1) is 110 Å². The highest BCUT2D eigenvalue weighted by molar-refractivity contribution is 6.25. The number of unbranched alkanes of at least 4 members (excludes halogenated alkanes) is 2. The maximum Gasteiger partial charge on any atom is 0.264 e. The standard InChI is InChI=1S/C52H64N8O14/c61-39(33-53-43-10-4-9-41-47(43)51(66)60(50(41)65)44-16-17-46(63)57-49(44)64)7-2-1-3-18-67-21-23-69-25-27-71-29-31-73-32-30-72-28-26-70-24-22-68-19-6-11-45(62)38-14-12-37(13-15-38)42-35-55-52(59-36-56-58-48(42)59)54-34-40-8-5-20-74-40/h4-5,8-10,12-15,20,35-36,44,53H,1-3,6-7,11,16-19,21-34H2,(H,54,55)(H,57,63,64). The number of imide groups is 2. The molecule has 0 saturated carbocycles. The number of ketones is 2. The number of hydrogen-bond donors (Lipinski definition) is 3. The van der Waals surface area contributed by atoms with E-state index in [1.54, 1.807) is 35.3 Å². The van der Waals surface area contributed by atoms with Crippen LogP contribution < -0.4 is 16.0 Å². The fourth-order valence-electron chi connectivity index (χ4n) is 8.12. The van der Waals surface area contributed by atoms with Gasteiger partial charge in [-0.3, -0.25) is 43.4 Å². The summed E-state index contributed by atoms with van der Waals surface area (Å²) in [5, 5.41) is 16.8. The second kappa shape index (κ2) is 29.8. The van der Waals surface area contributed by atoms with E-state index in [1.165, 1.54) is 6.07 Å². The number of Topliss-reactive ketones (excluding diaryl/α,β-unsaturated/α-hetero) is 2. The third-order valence-corrected chi connectivity index (χ3v) is 12.0. The van der Waals surface area contributed by atoms with Crippen molar-refractivity contribution in [3.8, 4) is 11.1 Å². The monoisotopic (exact) mass is 1020 g/mol. The number of furan rings is 1. The van der Waals surface area contributed by atoms with Crippen LogP contribution in [0.2, 0.25) is 0 Å². The molecule has 7 rings (SSSR count). The number of anilines is 2. The normalized spacial score (nSPS) is 14.5. The van der Waals surface area contributed by atoms with Crippen LogP contribution in [0.3, 0.4) is 0 Å². The first kappa shape index (κ1) is 55.0. The summed E-state index contributed by atoms with van der Waals surface area (Å²) in [7, 11) is 0. The largest absolute Gasteiger partial charge is 0.467 e. The third-order valence-electron chi connectivity index (χ3n) is 12.0. The van der Waals surface area contributed by atoms with E-state index in [0.717, 1.165) is 34.6 Å². The Bertz CT molecular complexity index is 2610. The highest BCUT2D eigenvalue weighted by Gasteiger charge is 2.45. The van der Waals surface area contributed by atoms with Crippen LogP contribution in [0, 0.1) is 0 Å². The summed E-state index contributed by atoms with van der Waals surface area (Å²) in [6.45, 7) is 6.76. The number of carbonyl (C=O) groups excluding carboxylic acids is 6. The molecule has 2 aromatic carbocycles. The Morgan fingerprint density at radius 2 is 1.32 bits per heavy atom. The number of piperidine rings is 1. The Balaban J connectivity index is 0.592. The molecule has 1 fully saturated rings. The van der Waals surface area contributed by atoms with Gasteiger partial charge in [-0.15, -0.1) is 10.2 Å². The van der Waals surface area contributed by atoms with Gasteiger partial charge in [-0.2, -0.15) is 0 Å². The molecule has 0 radical (unpaired) electrons. The molecule has 2 aliphatic rings. The molecule has 1 saturated heterocycles. The van der Waals surface area contributed by atoms with Crippen LogP contribution in [0.4, 0.5) is 11.6 Å². The molecular formula is C52H64N8O14. The molecule has 4 amide bonds. The molecule has 0 spiro atoms. The predicted molar refractivity (Wildman–Crippen MR) is 267 cm³/mol. The number of fused-ring (bicyclic) bond motifs is 2. The minimum atomic E-state index is -1.06. The summed E-state index contributed by atoms with van der Waals surface area (Å²) in [6.07, 6.45) is 8.68. The molecule has 1 unspecified atom stereocenters. The predicted octanol–water partition coefficient (Wildman–Crippen LogP) is 4.72. The fraction of sp³-hybridized carbons (Fsp3) is 0.481. The van der Waals surface area contributed by atoms with E-state index in [1.807, 2.05) is 36.4 Å². The van der Waals surface area contributed by atoms with Gasteiger partial charge < -0.3 is 48.2 Å². The van der Waals surface area contributed by atoms with Gasteiger partial charge in [-0.1, -0.05) is 36.8 Å². The van der Waals surface area contributed by atoms with Crippen LogP contribution in [0.1, 0.15) is 88.2 Å². The van der Waals surface area contributed by atoms with Crippen LogP contribution in [0.25, 0.3) is 16.8 Å². The first-order valence-electron chi connectivity index (χ1n) is 25.0. The summed E-state index contributed by atoms with van der Waals surface area (Å²) >= 11 is 0. The number of aromatic nitrogens is 4. The van der Waals surface area contributed by atoms with Crippen molar-refractivity contribution in [2.24, 2.45) is 0 Å². The van der Waals surface area contributed by atoms with Gasteiger partial charge in [0.1, 0.15) is 18.1 Å². The molecule has 0 bridgehead atoms. The summed E-state index contributed by atoms with van der Waals surface area (Å²) in [5.41, 5.74) is 3.58. The van der Waals surface area contributed by atoms with Crippen LogP contribution in [-0.4, -0.2) is 165 Å². The van der Waals surface area contributed by atoms with Gasteiger partial charge in [0.15, 0.2) is 17.2 Å². The van der Waals surface area contributed by atoms with Gasteiger partial charge in [0.25, 0.3) is 11.8 Å². The van der Waals surface area contributed by atoms with Gasteiger partial charge in [-0.05, 0) is 55.5 Å². The van der Waals surface area contributed by atoms with Crippen molar-refractivity contribution >= 4 is 52.5 Å². The Labute approximate surface area is 428 Å². The molecule has 5 heterocycles. The van der Waals surface area contributed by atoms with Crippen molar-refractivity contribution in [2.75, 3.05) is 110 Å². The van der Waals surface area contributed by atoms with Crippen molar-refractivity contribution < 1.29 is 66.3 Å². The quantitative estimate of drug-likeness (QED) is 0.0276. The smallest absolute Gasteiger partial charge is 0.264 e. The number of hydrogen-bond acceptors (Lipinski definition) is 19. The highest BCUT2D eigenvalue weighted by Crippen LogP contribution is 2.32. The Morgan fingerprint density at radius 3 is 1.96 bits per heavy atom. The van der Waals surface area contributed by atoms with E-state index in [4.69, 9.17) is 37.6 Å². The molecular weight excluding hydrogens is 961 g/mol. The van der Waals surface area contributed by atoms with Crippen LogP contribution in [-0.2, 0) is 54.1 Å². The van der Waals surface area contributed by atoms with Crippen molar-refractivity contribution in [2.45, 2.75) is 64.0 Å². The third kappa shape index (κ3) is 16.4. The minimum absolute atomic E-state index is 0.0125. The van der Waals surface area contributed by atoms with Gasteiger partial charge >= 0.3 is 0 Å². The number of benzene rings is 2. The number of rotatable bonds is 37. The average Bonchev–Trinajstić information content (AvgIpc) is 4.18. The van der Waals surface area contributed by atoms with E-state index >= 15 is 0 Å². The Morgan fingerprint density at radius 1 is 0.676 bits per heavy atom. The summed E-state index contributed by atoms with van der Waals surface area (Å²) in [5.74, 6) is -0.962. The average molecular weight is 1030 g/mol. The zero-order chi connectivity index (χ0) is 51.7. The summed E-state index contributed by atoms with van der Waals surface area (Å²) in [4.78, 5) is 81.0. The fourth-order valence-corrected chi connectivity index (χ4v) is 8.12. The zero-order valence-electron chi connectivity index (χ0n) is 41.4. The molecule has 22 heteroatoms. The lowest BCUT2D eigenvalue weighted by molar-refractivity contribution is -0.136. The van der Waals surface area contributed by atoms with Gasteiger partial charge in [-0.25, -0.2) is 4.98 Å². The number of carbonyl (C=O) groups is 6. The molecule has 3 N–H and O–H groups in total. The van der Waals surface area contributed by atoms with E-state index in [2.05, 4.69) is 31.1 Å². The maximum absolute atomic E-state index is 13.2. The lowest BCUT2D eigenvalue weighted by atomic mass is 10.0. The summed E-state index contributed by atoms with van der Waals surface area (Å²) in [6, 6.07) is 14.8. The maximum atomic E-state index is 13.2. The molecule has 396 valence electrons. The second-order valence-electron chi connectivity index (χ2n) is 17.2. The molecule has 1 atom stereocenters. The van der Waals surface area contributed by atoms with E-state index in [-0.39, 0.29) is 42.1 Å². The van der Waals surface area contributed by atoms with Crippen molar-refractivity contribution in [1.29, 1.82) is 0 Å². The van der Waals surface area contributed by atoms with E-state index < -0.39 is 29.7 Å². The lowest BCUT2D eigenvalue weighted by Gasteiger charge is -2.27. The Hall–Kier alpha value is -6.79. The number of amides is 4. The zero-order valence-corrected chi connectivity index (χ0v) is 41.4. The van der Waals surface area contributed by atoms with Crippen molar-refractivity contribution in [3.05, 3.63) is 95.8 Å². The Kier molecular flexibility index (Phi) is 22.1. The van der Waals surface area contributed by atoms with E-state index in [0.29, 0.717) is 148 Å². The molecule has 0 aliphatic carbocycles. The molecule has 5 aromatic rings. The van der Waals surface area contributed by atoms with E-state index in [9.17, 15) is 28.8 Å². The molecule has 74 heavy (non-hydrogen) atoms. The topological polar surface area (TPSA) is 263 Å². The lowest BCUT2D eigenvalue weighted by Crippen LogP contribution is -2.54. The van der Waals surface area contributed by atoms with Crippen LogP contribution >= 0.6 is 0 Å². The van der Waals surface area contributed by atoms with Crippen LogP contribution in [0.5, 0.6) is 0 Å². The second-order valence-corrected chi connectivity index (χ2v) is 17.2. The van der Waals surface area contributed by atoms with Gasteiger partial charge in [0, 0.05) is 55.5 Å². The number of nitrogens with one attached hydrogen (secondary N) is 3. The van der Waals surface area contributed by atoms with Crippen molar-refractivity contribution in [3.63, 3.8) is 0 Å². The highest BCUT2D eigenvalue weighted by atomic mass is 16.6. The molecule has 3 aromatic heterocycles. The summed E-state index contributed by atoms with van der Waals surface area (Å²) < 4.78 is 46.2. The first-order valence-corrected chi connectivity index (χ1v) is 25.0. The molecule has 2 aliphatic heterocycles. The number of ether oxygens (including phenoxy) is 7. The SMILES string of the molecule is O=C(CCCCCOCCOCCOCCOCCOCCOCCOCCCC(=O)c1ccc(-c2cnc(NCc3ccco3)n3cnnc23)cc1)CNc1cccc2c1C(=O)N(C1CCC(=O)NC1=O)C2=O. The first-order chi connectivity index (χ1) is 36.3. The van der Waals surface area contributed by atoms with Crippen LogP contribution in [0.15, 0.2) is 77.8 Å². The minimum Gasteiger partial charge on any atom is -0.467 e. The molecule has 22 nitrogen and oxygen atoms in total. The van der Waals surface area contributed by atoms with Crippen molar-refractivity contribution in [1.82, 2.24) is 29.8 Å².